The highest BCUT2D eigenvalue weighted by atomic mass is 16.1. The minimum absolute atomic E-state index is 0.102. The molecular formula is C11H24N2O. The second-order valence-electron chi connectivity index (χ2n) is 3.61. The summed E-state index contributed by atoms with van der Waals surface area (Å²) in [6, 6.07) is 0.507. The van der Waals surface area contributed by atoms with E-state index in [2.05, 4.69) is 24.5 Å². The van der Waals surface area contributed by atoms with E-state index < -0.39 is 0 Å². The van der Waals surface area contributed by atoms with E-state index in [1.807, 2.05) is 6.92 Å². The van der Waals surface area contributed by atoms with Gasteiger partial charge in [-0.05, 0) is 19.8 Å². The fraction of sp³-hybridized carbons (Fsp3) is 0.909. The molecule has 3 heteroatoms. The van der Waals surface area contributed by atoms with E-state index in [9.17, 15) is 4.79 Å². The third kappa shape index (κ3) is 6.89. The normalized spacial score (nSPS) is 10.6. The molecule has 2 N–H and O–H groups in total. The molecule has 0 fully saturated rings. The van der Waals surface area contributed by atoms with E-state index in [0.29, 0.717) is 19.1 Å². The summed E-state index contributed by atoms with van der Waals surface area (Å²) >= 11 is 0. The van der Waals surface area contributed by atoms with Crippen molar-refractivity contribution in [3.8, 4) is 0 Å². The van der Waals surface area contributed by atoms with E-state index in [4.69, 9.17) is 0 Å². The minimum atomic E-state index is 0.102. The van der Waals surface area contributed by atoms with Gasteiger partial charge in [0, 0.05) is 12.6 Å². The first-order valence-electron chi connectivity index (χ1n) is 5.74. The monoisotopic (exact) mass is 200 g/mol. The fourth-order valence-electron chi connectivity index (χ4n) is 1.54. The van der Waals surface area contributed by atoms with Crippen LogP contribution in [0, 0.1) is 0 Å². The Bertz CT molecular complexity index is 142. The van der Waals surface area contributed by atoms with Gasteiger partial charge in [0.25, 0.3) is 0 Å². The molecule has 0 aromatic rings. The summed E-state index contributed by atoms with van der Waals surface area (Å²) in [7, 11) is 0. The SMILES string of the molecule is CCCC(CCC)NCC(=O)NCC. The lowest BCUT2D eigenvalue weighted by atomic mass is 10.1. The molecule has 84 valence electrons. The summed E-state index contributed by atoms with van der Waals surface area (Å²) in [6.07, 6.45) is 4.67. The molecule has 0 saturated carbocycles. The summed E-state index contributed by atoms with van der Waals surface area (Å²) in [4.78, 5) is 11.2. The minimum Gasteiger partial charge on any atom is -0.355 e. The third-order valence-electron chi connectivity index (χ3n) is 2.20. The second-order valence-corrected chi connectivity index (χ2v) is 3.61. The molecule has 0 bridgehead atoms. The van der Waals surface area contributed by atoms with Gasteiger partial charge in [-0.3, -0.25) is 4.79 Å². The molecule has 14 heavy (non-hydrogen) atoms. The maximum Gasteiger partial charge on any atom is 0.233 e. The molecule has 0 heterocycles. The molecular weight excluding hydrogens is 176 g/mol. The summed E-state index contributed by atoms with van der Waals surface area (Å²) in [5.74, 6) is 0.102. The van der Waals surface area contributed by atoms with Crippen molar-refractivity contribution in [1.82, 2.24) is 10.6 Å². The van der Waals surface area contributed by atoms with Crippen LogP contribution in [0.25, 0.3) is 0 Å². The van der Waals surface area contributed by atoms with Gasteiger partial charge in [0.05, 0.1) is 6.54 Å². The number of carbonyl (C=O) groups is 1. The zero-order chi connectivity index (χ0) is 10.8. The Morgan fingerprint density at radius 3 is 2.14 bits per heavy atom. The number of amides is 1. The van der Waals surface area contributed by atoms with Crippen molar-refractivity contribution < 1.29 is 4.79 Å². The van der Waals surface area contributed by atoms with Gasteiger partial charge in [-0.25, -0.2) is 0 Å². The molecule has 0 atom stereocenters. The number of hydrogen-bond acceptors (Lipinski definition) is 2. The van der Waals surface area contributed by atoms with Crippen LogP contribution in [0.2, 0.25) is 0 Å². The van der Waals surface area contributed by atoms with Crippen LogP contribution in [-0.4, -0.2) is 25.0 Å². The molecule has 0 aliphatic heterocycles. The van der Waals surface area contributed by atoms with Crippen LogP contribution in [0.3, 0.4) is 0 Å². The quantitative estimate of drug-likeness (QED) is 0.626. The number of likely N-dealkylation sites (N-methyl/N-ethyl adjacent to an activating group) is 1. The number of carbonyl (C=O) groups excluding carboxylic acids is 1. The highest BCUT2D eigenvalue weighted by Crippen LogP contribution is 2.03. The Labute approximate surface area is 87.6 Å². The summed E-state index contributed by atoms with van der Waals surface area (Å²) in [5, 5.41) is 6.08. The molecule has 0 aromatic heterocycles. The predicted octanol–water partition coefficient (Wildman–Crippen LogP) is 1.68. The zero-order valence-corrected chi connectivity index (χ0v) is 9.73. The van der Waals surface area contributed by atoms with Gasteiger partial charge in [0.2, 0.25) is 5.91 Å². The van der Waals surface area contributed by atoms with E-state index in [-0.39, 0.29) is 5.91 Å². The Balaban J connectivity index is 3.63. The van der Waals surface area contributed by atoms with Gasteiger partial charge >= 0.3 is 0 Å². The van der Waals surface area contributed by atoms with Crippen LogP contribution in [0.5, 0.6) is 0 Å². The van der Waals surface area contributed by atoms with Gasteiger partial charge in [-0.15, -0.1) is 0 Å². The maximum atomic E-state index is 11.2. The highest BCUT2D eigenvalue weighted by molar-refractivity contribution is 5.77. The first-order chi connectivity index (χ1) is 6.74. The Morgan fingerprint density at radius 1 is 1.14 bits per heavy atom. The highest BCUT2D eigenvalue weighted by Gasteiger charge is 2.07. The smallest absolute Gasteiger partial charge is 0.233 e. The third-order valence-corrected chi connectivity index (χ3v) is 2.20. The Morgan fingerprint density at radius 2 is 1.71 bits per heavy atom. The van der Waals surface area contributed by atoms with E-state index >= 15 is 0 Å². The van der Waals surface area contributed by atoms with Gasteiger partial charge < -0.3 is 10.6 Å². The molecule has 0 aliphatic rings. The molecule has 1 amide bonds. The molecule has 0 spiro atoms. The summed E-state index contributed by atoms with van der Waals surface area (Å²) in [6.45, 7) is 7.46. The molecule has 0 saturated heterocycles. The van der Waals surface area contributed by atoms with Gasteiger partial charge in [0.15, 0.2) is 0 Å². The second kappa shape index (κ2) is 9.00. The fourth-order valence-corrected chi connectivity index (χ4v) is 1.54. The molecule has 0 rings (SSSR count). The lowest BCUT2D eigenvalue weighted by molar-refractivity contribution is -0.120. The van der Waals surface area contributed by atoms with Crippen LogP contribution in [0.15, 0.2) is 0 Å². The molecule has 0 aromatic carbocycles. The first-order valence-corrected chi connectivity index (χ1v) is 5.74. The number of hydrogen-bond donors (Lipinski definition) is 2. The van der Waals surface area contributed by atoms with Gasteiger partial charge in [-0.2, -0.15) is 0 Å². The maximum absolute atomic E-state index is 11.2. The van der Waals surface area contributed by atoms with E-state index in [1.165, 1.54) is 12.8 Å². The van der Waals surface area contributed by atoms with Crippen molar-refractivity contribution in [3.05, 3.63) is 0 Å². The van der Waals surface area contributed by atoms with Crippen molar-refractivity contribution in [3.63, 3.8) is 0 Å². The Kier molecular flexibility index (Phi) is 8.64. The number of nitrogens with one attached hydrogen (secondary N) is 2. The van der Waals surface area contributed by atoms with Gasteiger partial charge in [-0.1, -0.05) is 26.7 Å². The van der Waals surface area contributed by atoms with Crippen molar-refractivity contribution in [2.75, 3.05) is 13.1 Å². The predicted molar refractivity (Wildman–Crippen MR) is 60.3 cm³/mol. The van der Waals surface area contributed by atoms with Crippen molar-refractivity contribution in [2.24, 2.45) is 0 Å². The van der Waals surface area contributed by atoms with Crippen LogP contribution in [0.4, 0.5) is 0 Å². The topological polar surface area (TPSA) is 41.1 Å². The van der Waals surface area contributed by atoms with E-state index in [1.54, 1.807) is 0 Å². The Hall–Kier alpha value is -0.570. The van der Waals surface area contributed by atoms with Crippen LogP contribution in [-0.2, 0) is 4.79 Å². The molecule has 3 nitrogen and oxygen atoms in total. The average Bonchev–Trinajstić information content (AvgIpc) is 2.15. The van der Waals surface area contributed by atoms with Crippen molar-refractivity contribution in [2.45, 2.75) is 52.5 Å². The standard InChI is InChI=1S/C11H24N2O/c1-4-7-10(8-5-2)13-9-11(14)12-6-3/h10,13H,4-9H2,1-3H3,(H,12,14). The molecule has 0 unspecified atom stereocenters. The summed E-state index contributed by atoms with van der Waals surface area (Å²) < 4.78 is 0. The van der Waals surface area contributed by atoms with Crippen LogP contribution in [0.1, 0.15) is 46.5 Å². The average molecular weight is 200 g/mol. The molecule has 0 radical (unpaired) electrons. The number of rotatable bonds is 8. The lowest BCUT2D eigenvalue weighted by Gasteiger charge is -2.16. The molecule has 0 aliphatic carbocycles. The van der Waals surface area contributed by atoms with E-state index in [0.717, 1.165) is 12.8 Å². The zero-order valence-electron chi connectivity index (χ0n) is 9.73. The van der Waals surface area contributed by atoms with Crippen molar-refractivity contribution in [1.29, 1.82) is 0 Å². The lowest BCUT2D eigenvalue weighted by Crippen LogP contribution is -2.39. The first kappa shape index (κ1) is 13.4. The van der Waals surface area contributed by atoms with Crippen LogP contribution >= 0.6 is 0 Å². The van der Waals surface area contributed by atoms with Crippen molar-refractivity contribution >= 4 is 5.91 Å². The summed E-state index contributed by atoms with van der Waals surface area (Å²) in [5.41, 5.74) is 0. The van der Waals surface area contributed by atoms with Crippen LogP contribution < -0.4 is 10.6 Å². The largest absolute Gasteiger partial charge is 0.355 e. The van der Waals surface area contributed by atoms with Gasteiger partial charge in [0.1, 0.15) is 0 Å².